The van der Waals surface area contributed by atoms with E-state index in [1.807, 2.05) is 0 Å². The van der Waals surface area contributed by atoms with Gasteiger partial charge in [-0.2, -0.15) is 4.57 Å². The van der Waals surface area contributed by atoms with Crippen LogP contribution in [-0.4, -0.2) is 31.6 Å². The lowest BCUT2D eigenvalue weighted by Crippen LogP contribution is -2.29. The van der Waals surface area contributed by atoms with Crippen LogP contribution in [0.2, 0.25) is 0 Å². The molecule has 196 valence electrons. The molecule has 1 saturated heterocycles. The van der Waals surface area contributed by atoms with Gasteiger partial charge in [0.25, 0.3) is 0 Å². The molecule has 0 N–H and O–H groups in total. The van der Waals surface area contributed by atoms with Gasteiger partial charge in [-0.05, 0) is 25.7 Å². The van der Waals surface area contributed by atoms with Crippen LogP contribution in [0.1, 0.15) is 122 Å². The number of hydrogen-bond donors (Lipinski definition) is 0. The van der Waals surface area contributed by atoms with E-state index in [4.69, 9.17) is 14.2 Å². The molecule has 5 nitrogen and oxygen atoms in total. The van der Waals surface area contributed by atoms with Gasteiger partial charge in [-0.25, -0.2) is 0 Å². The van der Waals surface area contributed by atoms with Gasteiger partial charge >= 0.3 is 5.97 Å². The number of aryl methyl sites for hydroxylation is 1. The maximum Gasteiger partial charge on any atom is 0.305 e. The molecule has 2 atom stereocenters. The van der Waals surface area contributed by atoms with Crippen LogP contribution >= 0.6 is 11.3 Å². The van der Waals surface area contributed by atoms with Gasteiger partial charge in [-0.1, -0.05) is 95.3 Å². The fourth-order valence-electron chi connectivity index (χ4n) is 4.46. The van der Waals surface area contributed by atoms with Crippen LogP contribution in [0.4, 0.5) is 0 Å². The Kier molecular flexibility index (Phi) is 17.4. The van der Waals surface area contributed by atoms with E-state index in [2.05, 4.69) is 28.6 Å². The Bertz CT molecular complexity index is 595. The lowest BCUT2D eigenvalue weighted by molar-refractivity contribution is -0.692. The number of hydrogen-bond acceptors (Lipinski definition) is 5. The van der Waals surface area contributed by atoms with Crippen molar-refractivity contribution >= 4 is 17.3 Å². The summed E-state index contributed by atoms with van der Waals surface area (Å²) in [6.45, 7) is 4.15. The summed E-state index contributed by atoms with van der Waals surface area (Å²) in [6.07, 6.45) is 24.0. The number of carbonyl (C=O) groups is 1. The van der Waals surface area contributed by atoms with Crippen LogP contribution in [0.3, 0.4) is 0 Å². The van der Waals surface area contributed by atoms with Gasteiger partial charge in [0.1, 0.15) is 19.3 Å². The van der Waals surface area contributed by atoms with Crippen LogP contribution in [-0.2, 0) is 25.5 Å². The predicted octanol–water partition coefficient (Wildman–Crippen LogP) is 7.36. The number of carbonyl (C=O) groups excluding carboxylic acids is 1. The average molecular weight is 497 g/mol. The Balaban J connectivity index is 1.32. The molecule has 1 aliphatic heterocycles. The molecule has 0 spiro atoms. The van der Waals surface area contributed by atoms with E-state index in [0.29, 0.717) is 19.6 Å². The second-order valence-electron chi connectivity index (χ2n) is 9.81. The summed E-state index contributed by atoms with van der Waals surface area (Å²) in [5.74, 6) is -0.119. The molecule has 0 bridgehead atoms. The summed E-state index contributed by atoms with van der Waals surface area (Å²) in [4.78, 5) is 12.0. The standard InChI is InChI=1S/C28H50NO4S/c1-2-3-4-5-6-7-8-9-10-11-12-13-16-19-28-32-24-26(33-28)23-31-27(30)18-15-14-17-20-29-21-22-34-25-29/h21-22,25-26,28H,2-20,23-24H2,1H3/q+1/t26-,28-/m0/s1. The molecule has 2 rings (SSSR count). The Morgan fingerprint density at radius 2 is 1.56 bits per heavy atom. The highest BCUT2D eigenvalue weighted by Gasteiger charge is 2.26. The summed E-state index contributed by atoms with van der Waals surface area (Å²) in [7, 11) is 0. The minimum Gasteiger partial charge on any atom is -0.463 e. The highest BCUT2D eigenvalue weighted by Crippen LogP contribution is 2.19. The summed E-state index contributed by atoms with van der Waals surface area (Å²) >= 11 is 1.71. The number of aromatic nitrogens is 1. The highest BCUT2D eigenvalue weighted by atomic mass is 32.1. The van der Waals surface area contributed by atoms with Crippen LogP contribution in [0.5, 0.6) is 0 Å². The lowest BCUT2D eigenvalue weighted by atomic mass is 10.0. The Morgan fingerprint density at radius 1 is 0.912 bits per heavy atom. The first kappa shape index (κ1) is 29.3. The van der Waals surface area contributed by atoms with Crippen molar-refractivity contribution in [2.24, 2.45) is 0 Å². The van der Waals surface area contributed by atoms with Crippen LogP contribution < -0.4 is 4.57 Å². The third kappa shape index (κ3) is 15.1. The number of nitrogens with zero attached hydrogens (tertiary/aromatic N) is 1. The van der Waals surface area contributed by atoms with Crippen molar-refractivity contribution in [3.8, 4) is 0 Å². The molecule has 0 radical (unpaired) electrons. The quantitative estimate of drug-likeness (QED) is 0.0955. The van der Waals surface area contributed by atoms with Crippen LogP contribution in [0.15, 0.2) is 17.1 Å². The molecular formula is C28H50NO4S+. The van der Waals surface area contributed by atoms with Gasteiger partial charge in [0.05, 0.1) is 12.0 Å². The fraction of sp³-hybridized carbons (Fsp3) is 0.857. The van der Waals surface area contributed by atoms with E-state index in [1.165, 1.54) is 77.0 Å². The van der Waals surface area contributed by atoms with E-state index in [1.54, 1.807) is 11.3 Å². The Labute approximate surface area is 212 Å². The molecule has 2 heterocycles. The zero-order valence-corrected chi connectivity index (χ0v) is 22.5. The molecule has 0 aliphatic carbocycles. The fourth-order valence-corrected chi connectivity index (χ4v) is 5.09. The van der Waals surface area contributed by atoms with Crippen molar-refractivity contribution in [1.29, 1.82) is 0 Å². The van der Waals surface area contributed by atoms with Gasteiger partial charge < -0.3 is 14.2 Å². The summed E-state index contributed by atoms with van der Waals surface area (Å²) in [5.41, 5.74) is 2.12. The largest absolute Gasteiger partial charge is 0.463 e. The van der Waals surface area contributed by atoms with Crippen molar-refractivity contribution in [1.82, 2.24) is 0 Å². The van der Waals surface area contributed by atoms with Crippen molar-refractivity contribution in [3.05, 3.63) is 17.1 Å². The molecule has 34 heavy (non-hydrogen) atoms. The number of ether oxygens (including phenoxy) is 3. The summed E-state index contributed by atoms with van der Waals surface area (Å²) in [5, 5.41) is 2.08. The zero-order valence-electron chi connectivity index (χ0n) is 21.7. The molecule has 1 aromatic rings. The van der Waals surface area contributed by atoms with Crippen molar-refractivity contribution in [3.63, 3.8) is 0 Å². The number of esters is 1. The minimum atomic E-state index is -0.119. The number of thiazole rings is 1. The second-order valence-corrected chi connectivity index (χ2v) is 10.6. The van der Waals surface area contributed by atoms with Crippen molar-refractivity contribution in [2.75, 3.05) is 13.2 Å². The van der Waals surface area contributed by atoms with Gasteiger partial charge in [0.2, 0.25) is 5.51 Å². The Hall–Kier alpha value is -0.980. The first-order chi connectivity index (χ1) is 16.8. The molecule has 1 aromatic heterocycles. The first-order valence-corrected chi connectivity index (χ1v) is 15.1. The first-order valence-electron chi connectivity index (χ1n) is 14.1. The predicted molar refractivity (Wildman–Crippen MR) is 139 cm³/mol. The highest BCUT2D eigenvalue weighted by molar-refractivity contribution is 7.07. The van der Waals surface area contributed by atoms with Gasteiger partial charge in [-0.15, -0.1) is 0 Å². The second kappa shape index (κ2) is 20.2. The normalized spacial score (nSPS) is 17.9. The zero-order chi connectivity index (χ0) is 24.1. The molecular weight excluding hydrogens is 446 g/mol. The van der Waals surface area contributed by atoms with Gasteiger partial charge in [0.15, 0.2) is 12.5 Å². The molecule has 0 aromatic carbocycles. The van der Waals surface area contributed by atoms with E-state index < -0.39 is 0 Å². The molecule has 0 saturated carbocycles. The number of rotatable bonds is 22. The van der Waals surface area contributed by atoms with Gasteiger partial charge in [-0.3, -0.25) is 4.79 Å². The van der Waals surface area contributed by atoms with E-state index in [0.717, 1.165) is 38.6 Å². The maximum atomic E-state index is 12.0. The molecule has 6 heteroatoms. The average Bonchev–Trinajstić information content (AvgIpc) is 3.53. The monoisotopic (exact) mass is 496 g/mol. The lowest BCUT2D eigenvalue weighted by Gasteiger charge is -2.12. The SMILES string of the molecule is CCCCCCCCCCCCCCC[C@H]1OC[C@H](COC(=O)CCCCC[n+]2ccsc2)O1. The minimum absolute atomic E-state index is 0.106. The van der Waals surface area contributed by atoms with Crippen LogP contribution in [0, 0.1) is 0 Å². The summed E-state index contributed by atoms with van der Waals surface area (Å²) < 4.78 is 19.2. The van der Waals surface area contributed by atoms with E-state index in [9.17, 15) is 4.79 Å². The maximum absolute atomic E-state index is 12.0. The Morgan fingerprint density at radius 3 is 2.21 bits per heavy atom. The van der Waals surface area contributed by atoms with Crippen molar-refractivity contribution in [2.45, 2.75) is 141 Å². The van der Waals surface area contributed by atoms with E-state index >= 15 is 0 Å². The third-order valence-corrected chi connectivity index (χ3v) is 7.28. The topological polar surface area (TPSA) is 48.6 Å². The molecule has 1 aliphatic rings. The third-order valence-electron chi connectivity index (χ3n) is 6.61. The van der Waals surface area contributed by atoms with Crippen LogP contribution in [0.25, 0.3) is 0 Å². The van der Waals surface area contributed by atoms with Gasteiger partial charge in [0, 0.05) is 12.8 Å². The molecule has 1 fully saturated rings. The van der Waals surface area contributed by atoms with Crippen molar-refractivity contribution < 1.29 is 23.6 Å². The molecule has 0 unspecified atom stereocenters. The summed E-state index contributed by atoms with van der Waals surface area (Å²) in [6, 6.07) is 0. The smallest absolute Gasteiger partial charge is 0.305 e. The number of unbranched alkanes of at least 4 members (excludes halogenated alkanes) is 14. The van der Waals surface area contributed by atoms with E-state index in [-0.39, 0.29) is 18.4 Å². The molecule has 0 amide bonds.